The Balaban J connectivity index is 4.56. The quantitative estimate of drug-likeness (QED) is 0.410. The molecule has 0 saturated carbocycles. The van der Waals surface area contributed by atoms with Gasteiger partial charge in [0.05, 0.1) is 18.6 Å². The monoisotopic (exact) mass is 228 g/mol. The number of allylic oxidation sites excluding steroid dienone is 2. The Morgan fingerprint density at radius 2 is 1.73 bits per heavy atom. The number of hydrogen-bond acceptors (Lipinski definition) is 2. The summed E-state index contributed by atoms with van der Waals surface area (Å²) in [6.45, 7) is 16.8. The molecule has 3 heteroatoms. The molecule has 0 heterocycles. The summed E-state index contributed by atoms with van der Waals surface area (Å²) < 4.78 is 11.0. The molecule has 0 rings (SSSR count). The molecule has 0 spiro atoms. The van der Waals surface area contributed by atoms with Gasteiger partial charge >= 0.3 is 0 Å². The van der Waals surface area contributed by atoms with Crippen LogP contribution in [0.25, 0.3) is 0 Å². The van der Waals surface area contributed by atoms with Crippen LogP contribution in [0.3, 0.4) is 0 Å². The summed E-state index contributed by atoms with van der Waals surface area (Å²) in [6.07, 6.45) is 1.83. The molecule has 15 heavy (non-hydrogen) atoms. The van der Waals surface area contributed by atoms with E-state index in [-0.39, 0.29) is 5.04 Å². The van der Waals surface area contributed by atoms with Gasteiger partial charge in [-0.3, -0.25) is 0 Å². The van der Waals surface area contributed by atoms with Crippen molar-refractivity contribution in [3.63, 3.8) is 0 Å². The summed E-state index contributed by atoms with van der Waals surface area (Å²) >= 11 is 0. The highest BCUT2D eigenvalue weighted by Crippen LogP contribution is 2.37. The molecule has 0 aromatic heterocycles. The third-order valence-corrected chi connectivity index (χ3v) is 7.26. The highest BCUT2D eigenvalue weighted by atomic mass is 28.4. The molecule has 0 aliphatic rings. The number of ether oxygens (including phenoxy) is 1. The van der Waals surface area contributed by atoms with Crippen LogP contribution < -0.4 is 0 Å². The molecule has 0 bridgehead atoms. The van der Waals surface area contributed by atoms with Crippen molar-refractivity contribution in [2.45, 2.75) is 45.8 Å². The average Bonchev–Trinajstić information content (AvgIpc) is 2.00. The Morgan fingerprint density at radius 1 is 1.27 bits per heavy atom. The molecule has 0 radical (unpaired) electrons. The molecule has 0 aromatic carbocycles. The smallest absolute Gasteiger partial charge is 0.250 e. The summed E-state index contributed by atoms with van der Waals surface area (Å²) in [5, 5.41) is 0.199. The van der Waals surface area contributed by atoms with Gasteiger partial charge in [0.15, 0.2) is 0 Å². The van der Waals surface area contributed by atoms with Crippen molar-refractivity contribution in [2.24, 2.45) is 0 Å². The summed E-state index contributed by atoms with van der Waals surface area (Å²) in [5.41, 5.74) is 0. The van der Waals surface area contributed by atoms with Gasteiger partial charge < -0.3 is 9.16 Å². The van der Waals surface area contributed by atoms with E-state index in [4.69, 9.17) is 9.16 Å². The Labute approximate surface area is 95.1 Å². The van der Waals surface area contributed by atoms with Crippen LogP contribution in [0.4, 0.5) is 0 Å². The first kappa shape index (κ1) is 14.3. The Bertz CT molecular complexity index is 259. The molecule has 0 aliphatic carbocycles. The minimum atomic E-state index is -1.75. The first-order chi connectivity index (χ1) is 6.60. The predicted octanol–water partition coefficient (Wildman–Crippen LogP) is 4.07. The van der Waals surface area contributed by atoms with Gasteiger partial charge in [-0.2, -0.15) is 0 Å². The van der Waals surface area contributed by atoms with Gasteiger partial charge in [0.25, 0.3) is 0 Å². The van der Waals surface area contributed by atoms with E-state index in [0.717, 1.165) is 5.76 Å². The molecule has 0 aromatic rings. The lowest BCUT2D eigenvalue weighted by Gasteiger charge is -2.36. The Kier molecular flexibility index (Phi) is 4.65. The second-order valence-corrected chi connectivity index (χ2v) is 10.0. The van der Waals surface area contributed by atoms with Crippen LogP contribution >= 0.6 is 0 Å². The molecule has 88 valence electrons. The standard InChI is InChI=1S/C12H24O2Si/c1-10(13-6)9-11(2)14-15(7,8)12(3,4)5/h9H,2H2,1,3-8H3/b10-9+. The molecule has 2 nitrogen and oxygen atoms in total. The van der Waals surface area contributed by atoms with Crippen LogP contribution in [0, 0.1) is 0 Å². The SMILES string of the molecule is C=C(/C=C(\C)OC)O[Si](C)(C)C(C)(C)C. The van der Waals surface area contributed by atoms with E-state index in [1.807, 2.05) is 13.0 Å². The molecule has 0 aliphatic heterocycles. The van der Waals surface area contributed by atoms with Gasteiger partial charge in [-0.1, -0.05) is 27.4 Å². The maximum absolute atomic E-state index is 5.96. The van der Waals surface area contributed by atoms with Crippen LogP contribution in [0.15, 0.2) is 24.2 Å². The fraction of sp³-hybridized carbons (Fsp3) is 0.667. The second kappa shape index (κ2) is 4.88. The summed E-state index contributed by atoms with van der Waals surface area (Å²) in [4.78, 5) is 0. The highest BCUT2D eigenvalue weighted by molar-refractivity contribution is 6.74. The number of hydrogen-bond donors (Lipinski definition) is 0. The van der Waals surface area contributed by atoms with Gasteiger partial charge in [-0.25, -0.2) is 0 Å². The van der Waals surface area contributed by atoms with Gasteiger partial charge in [-0.05, 0) is 25.1 Å². The van der Waals surface area contributed by atoms with E-state index in [0.29, 0.717) is 5.76 Å². The van der Waals surface area contributed by atoms with Crippen molar-refractivity contribution in [1.29, 1.82) is 0 Å². The van der Waals surface area contributed by atoms with Crippen molar-refractivity contribution < 1.29 is 9.16 Å². The minimum absolute atomic E-state index is 0.199. The summed E-state index contributed by atoms with van der Waals surface area (Å²) in [6, 6.07) is 0. The fourth-order valence-electron chi connectivity index (χ4n) is 0.796. The van der Waals surface area contributed by atoms with Crippen molar-refractivity contribution in [1.82, 2.24) is 0 Å². The van der Waals surface area contributed by atoms with Gasteiger partial charge in [-0.15, -0.1) is 0 Å². The lowest BCUT2D eigenvalue weighted by atomic mass is 10.2. The Morgan fingerprint density at radius 3 is 2.07 bits per heavy atom. The van der Waals surface area contributed by atoms with E-state index in [9.17, 15) is 0 Å². The van der Waals surface area contributed by atoms with Gasteiger partial charge in [0.1, 0.15) is 0 Å². The molecule has 0 N–H and O–H groups in total. The molecule has 0 fully saturated rings. The maximum Gasteiger partial charge on any atom is 0.250 e. The summed E-state index contributed by atoms with van der Waals surface area (Å²) in [7, 11) is -0.103. The number of methoxy groups -OCH3 is 1. The van der Waals surface area contributed by atoms with E-state index >= 15 is 0 Å². The van der Waals surface area contributed by atoms with Crippen molar-refractivity contribution in [2.75, 3.05) is 7.11 Å². The van der Waals surface area contributed by atoms with E-state index in [1.54, 1.807) is 7.11 Å². The third-order valence-electron chi connectivity index (χ3n) is 2.88. The van der Waals surface area contributed by atoms with Crippen molar-refractivity contribution in [3.05, 3.63) is 24.2 Å². The zero-order valence-electron chi connectivity index (χ0n) is 11.1. The minimum Gasteiger partial charge on any atom is -0.544 e. The lowest BCUT2D eigenvalue weighted by molar-refractivity contribution is 0.289. The molecular weight excluding hydrogens is 204 g/mol. The van der Waals surface area contributed by atoms with Crippen molar-refractivity contribution in [3.8, 4) is 0 Å². The molecule has 0 unspecified atom stereocenters. The second-order valence-electron chi connectivity index (χ2n) is 5.29. The molecule has 0 atom stereocenters. The molecule has 0 amide bonds. The van der Waals surface area contributed by atoms with E-state index in [1.165, 1.54) is 0 Å². The number of rotatable bonds is 4. The Hall–Kier alpha value is -0.703. The zero-order chi connectivity index (χ0) is 12.3. The van der Waals surface area contributed by atoms with Crippen molar-refractivity contribution >= 4 is 8.32 Å². The maximum atomic E-state index is 5.96. The van der Waals surface area contributed by atoms with E-state index < -0.39 is 8.32 Å². The van der Waals surface area contributed by atoms with Crippen LogP contribution in [0.1, 0.15) is 27.7 Å². The largest absolute Gasteiger partial charge is 0.544 e. The van der Waals surface area contributed by atoms with Crippen LogP contribution in [-0.4, -0.2) is 15.4 Å². The normalized spacial score (nSPS) is 13.7. The molecular formula is C12H24O2Si. The van der Waals surface area contributed by atoms with E-state index in [2.05, 4.69) is 40.4 Å². The molecule has 0 saturated heterocycles. The fourth-order valence-corrected chi connectivity index (χ4v) is 1.82. The van der Waals surface area contributed by atoms with Gasteiger partial charge in [0, 0.05) is 6.08 Å². The lowest BCUT2D eigenvalue weighted by Crippen LogP contribution is -2.40. The summed E-state index contributed by atoms with van der Waals surface area (Å²) in [5.74, 6) is 1.51. The third kappa shape index (κ3) is 4.56. The first-order valence-electron chi connectivity index (χ1n) is 5.20. The van der Waals surface area contributed by atoms with Crippen LogP contribution in [0.2, 0.25) is 18.1 Å². The zero-order valence-corrected chi connectivity index (χ0v) is 12.1. The van der Waals surface area contributed by atoms with Crippen LogP contribution in [-0.2, 0) is 9.16 Å². The van der Waals surface area contributed by atoms with Crippen LogP contribution in [0.5, 0.6) is 0 Å². The van der Waals surface area contributed by atoms with Gasteiger partial charge in [0.2, 0.25) is 8.32 Å². The first-order valence-corrected chi connectivity index (χ1v) is 8.11. The average molecular weight is 228 g/mol. The highest BCUT2D eigenvalue weighted by Gasteiger charge is 2.38. The predicted molar refractivity (Wildman–Crippen MR) is 68.2 cm³/mol. The topological polar surface area (TPSA) is 18.5 Å².